The summed E-state index contributed by atoms with van der Waals surface area (Å²) in [5.74, 6) is 1.33. The topological polar surface area (TPSA) is 112 Å². The van der Waals surface area contributed by atoms with Gasteiger partial charge in [-0.25, -0.2) is 10.4 Å². The molecule has 0 aliphatic heterocycles. The fourth-order valence-electron chi connectivity index (χ4n) is 3.38. The van der Waals surface area contributed by atoms with Crippen molar-refractivity contribution in [3.05, 3.63) is 104 Å². The molecule has 4 rings (SSSR count). The minimum atomic E-state index is -0.547. The first-order valence-electron chi connectivity index (χ1n) is 11.1. The van der Waals surface area contributed by atoms with Gasteiger partial charge in [-0.05, 0) is 48.4 Å². The molecular weight excluding hydrogens is 522 g/mol. The van der Waals surface area contributed by atoms with Gasteiger partial charge >= 0.3 is 0 Å². The van der Waals surface area contributed by atoms with Gasteiger partial charge in [-0.15, -0.1) is 0 Å². The molecule has 0 aliphatic rings. The Labute approximate surface area is 216 Å². The number of ether oxygens (including phenoxy) is 2. The van der Waals surface area contributed by atoms with Crippen molar-refractivity contribution in [1.29, 1.82) is 5.26 Å². The molecule has 0 amide bonds. The summed E-state index contributed by atoms with van der Waals surface area (Å²) in [5, 5.41) is 13.6. The number of hydrogen-bond acceptors (Lipinski definition) is 7. The molecule has 0 unspecified atom stereocenters. The summed E-state index contributed by atoms with van der Waals surface area (Å²) in [7, 11) is 0. The standard InChI is InChI=1S/C27H22BrN5O3/c1-2-35-24-14-18(11-12-23(24)36-17-19-7-6-10-21(28)13-19)16-30-33-27-31-25(20-8-4-3-5-9-20)22(15-29)26(34)32-27/h3-14,16H,2,17H2,1H3,(H2,31,32,33,34). The van der Waals surface area contributed by atoms with E-state index < -0.39 is 5.56 Å². The van der Waals surface area contributed by atoms with Crippen LogP contribution in [0.1, 0.15) is 23.6 Å². The van der Waals surface area contributed by atoms with Gasteiger partial charge in [0.15, 0.2) is 11.5 Å². The molecule has 0 radical (unpaired) electrons. The summed E-state index contributed by atoms with van der Waals surface area (Å²) >= 11 is 3.47. The van der Waals surface area contributed by atoms with Gasteiger partial charge in [0.2, 0.25) is 5.95 Å². The molecule has 0 fully saturated rings. The van der Waals surface area contributed by atoms with E-state index in [0.717, 1.165) is 15.6 Å². The second kappa shape index (κ2) is 11.8. The van der Waals surface area contributed by atoms with Crippen molar-refractivity contribution in [3.63, 3.8) is 0 Å². The highest BCUT2D eigenvalue weighted by Gasteiger charge is 2.13. The summed E-state index contributed by atoms with van der Waals surface area (Å²) in [6.07, 6.45) is 1.57. The number of hydrogen-bond donors (Lipinski definition) is 2. The van der Waals surface area contributed by atoms with Gasteiger partial charge in [0.25, 0.3) is 5.56 Å². The number of hydrazone groups is 1. The molecule has 0 bridgehead atoms. The molecule has 180 valence electrons. The van der Waals surface area contributed by atoms with Gasteiger partial charge in [-0.1, -0.05) is 58.4 Å². The zero-order valence-corrected chi connectivity index (χ0v) is 21.0. The summed E-state index contributed by atoms with van der Waals surface area (Å²) in [4.78, 5) is 19.3. The molecule has 36 heavy (non-hydrogen) atoms. The van der Waals surface area contributed by atoms with Crippen LogP contribution in [0.3, 0.4) is 0 Å². The highest BCUT2D eigenvalue weighted by molar-refractivity contribution is 9.10. The number of nitrogens with one attached hydrogen (secondary N) is 2. The summed E-state index contributed by atoms with van der Waals surface area (Å²) in [5.41, 5.74) is 4.84. The molecule has 1 aromatic heterocycles. The number of nitriles is 1. The molecule has 1 heterocycles. The fourth-order valence-corrected chi connectivity index (χ4v) is 3.83. The van der Waals surface area contributed by atoms with Gasteiger partial charge in [0.05, 0.1) is 18.5 Å². The van der Waals surface area contributed by atoms with E-state index in [4.69, 9.17) is 9.47 Å². The third kappa shape index (κ3) is 6.17. The van der Waals surface area contributed by atoms with E-state index in [0.29, 0.717) is 30.3 Å². The Balaban J connectivity index is 1.51. The molecule has 2 N–H and O–H groups in total. The van der Waals surface area contributed by atoms with Crippen molar-refractivity contribution in [2.75, 3.05) is 12.0 Å². The zero-order valence-electron chi connectivity index (χ0n) is 19.4. The normalized spacial score (nSPS) is 10.7. The Bertz CT molecular complexity index is 1480. The smallest absolute Gasteiger partial charge is 0.270 e. The van der Waals surface area contributed by atoms with Crippen LogP contribution in [0.5, 0.6) is 11.5 Å². The van der Waals surface area contributed by atoms with Gasteiger partial charge in [-0.2, -0.15) is 10.4 Å². The monoisotopic (exact) mass is 543 g/mol. The summed E-state index contributed by atoms with van der Waals surface area (Å²) in [6.45, 7) is 2.78. The molecular formula is C27H22BrN5O3. The number of halogens is 1. The van der Waals surface area contributed by atoms with Crippen LogP contribution in [0, 0.1) is 11.3 Å². The maximum Gasteiger partial charge on any atom is 0.270 e. The Morgan fingerprint density at radius 1 is 1.08 bits per heavy atom. The van der Waals surface area contributed by atoms with Crippen LogP contribution in [-0.2, 0) is 6.61 Å². The van der Waals surface area contributed by atoms with Crippen LogP contribution < -0.4 is 20.5 Å². The average Bonchev–Trinajstić information content (AvgIpc) is 2.89. The van der Waals surface area contributed by atoms with Crippen LogP contribution in [0.2, 0.25) is 0 Å². The van der Waals surface area contributed by atoms with Crippen LogP contribution in [0.4, 0.5) is 5.95 Å². The predicted molar refractivity (Wildman–Crippen MR) is 142 cm³/mol. The van der Waals surface area contributed by atoms with E-state index in [-0.39, 0.29) is 17.2 Å². The van der Waals surface area contributed by atoms with Gasteiger partial charge in [0, 0.05) is 10.0 Å². The highest BCUT2D eigenvalue weighted by Crippen LogP contribution is 2.29. The quantitative estimate of drug-likeness (QED) is 0.213. The largest absolute Gasteiger partial charge is 0.490 e. The fraction of sp³-hybridized carbons (Fsp3) is 0.111. The minimum absolute atomic E-state index is 0.0597. The Morgan fingerprint density at radius 2 is 1.92 bits per heavy atom. The Kier molecular flexibility index (Phi) is 8.11. The van der Waals surface area contributed by atoms with E-state index in [1.807, 2.05) is 73.7 Å². The number of benzene rings is 3. The van der Waals surface area contributed by atoms with Crippen LogP contribution in [0.15, 0.2) is 87.2 Å². The van der Waals surface area contributed by atoms with Gasteiger partial charge in [0.1, 0.15) is 18.2 Å². The van der Waals surface area contributed by atoms with Gasteiger partial charge in [-0.3, -0.25) is 9.78 Å². The van der Waals surface area contributed by atoms with E-state index in [2.05, 4.69) is 36.4 Å². The Morgan fingerprint density at radius 3 is 2.67 bits per heavy atom. The number of nitrogens with zero attached hydrogens (tertiary/aromatic N) is 3. The first-order chi connectivity index (χ1) is 17.6. The van der Waals surface area contributed by atoms with E-state index >= 15 is 0 Å². The molecule has 0 saturated carbocycles. The Hall–Kier alpha value is -4.42. The lowest BCUT2D eigenvalue weighted by Crippen LogP contribution is -2.16. The second-order valence-corrected chi connectivity index (χ2v) is 8.46. The first-order valence-corrected chi connectivity index (χ1v) is 11.9. The SMILES string of the molecule is CCOc1cc(C=NNc2nc(-c3ccccc3)c(C#N)c(=O)[nH]2)ccc1OCc1cccc(Br)c1. The number of anilines is 1. The number of rotatable bonds is 9. The van der Waals surface area contributed by atoms with Crippen molar-refractivity contribution in [3.8, 4) is 28.8 Å². The van der Waals surface area contributed by atoms with Crippen molar-refractivity contribution in [2.45, 2.75) is 13.5 Å². The molecule has 3 aromatic carbocycles. The maximum atomic E-state index is 12.4. The van der Waals surface area contributed by atoms with Crippen molar-refractivity contribution < 1.29 is 9.47 Å². The molecule has 0 atom stereocenters. The van der Waals surface area contributed by atoms with Crippen molar-refractivity contribution in [2.24, 2.45) is 5.10 Å². The van der Waals surface area contributed by atoms with Crippen LogP contribution >= 0.6 is 15.9 Å². The minimum Gasteiger partial charge on any atom is -0.490 e. The number of aromatic nitrogens is 2. The number of H-pyrrole nitrogens is 1. The van der Waals surface area contributed by atoms with E-state index in [1.54, 1.807) is 18.3 Å². The number of aromatic amines is 1. The molecule has 8 nitrogen and oxygen atoms in total. The lowest BCUT2D eigenvalue weighted by atomic mass is 10.1. The van der Waals surface area contributed by atoms with Gasteiger partial charge < -0.3 is 9.47 Å². The first kappa shape index (κ1) is 24.7. The lowest BCUT2D eigenvalue weighted by Gasteiger charge is -2.13. The molecule has 0 aliphatic carbocycles. The maximum absolute atomic E-state index is 12.4. The third-order valence-corrected chi connectivity index (χ3v) is 5.51. The van der Waals surface area contributed by atoms with Crippen molar-refractivity contribution >= 4 is 28.1 Å². The van der Waals surface area contributed by atoms with E-state index in [9.17, 15) is 10.1 Å². The lowest BCUT2D eigenvalue weighted by molar-refractivity contribution is 0.269. The summed E-state index contributed by atoms with van der Waals surface area (Å²) < 4.78 is 12.7. The summed E-state index contributed by atoms with van der Waals surface area (Å²) in [6, 6.07) is 24.3. The zero-order chi connectivity index (χ0) is 25.3. The average molecular weight is 544 g/mol. The van der Waals surface area contributed by atoms with Crippen molar-refractivity contribution in [1.82, 2.24) is 9.97 Å². The third-order valence-electron chi connectivity index (χ3n) is 5.01. The highest BCUT2D eigenvalue weighted by atomic mass is 79.9. The molecule has 0 saturated heterocycles. The van der Waals surface area contributed by atoms with E-state index in [1.165, 1.54) is 0 Å². The van der Waals surface area contributed by atoms with Crippen LogP contribution in [-0.4, -0.2) is 22.8 Å². The molecule has 0 spiro atoms. The second-order valence-electron chi connectivity index (χ2n) is 7.54. The molecule has 4 aromatic rings. The molecule has 9 heteroatoms. The van der Waals surface area contributed by atoms with Crippen LogP contribution in [0.25, 0.3) is 11.3 Å². The predicted octanol–water partition coefficient (Wildman–Crippen LogP) is 5.49.